The molecule has 0 spiro atoms. The minimum Gasteiger partial charge on any atom is -0.462 e. The molecular formula is C21H17NO4S. The summed E-state index contributed by atoms with van der Waals surface area (Å²) >= 11 is 1.13. The summed E-state index contributed by atoms with van der Waals surface area (Å²) in [5, 5.41) is 0.795. The maximum absolute atomic E-state index is 13.0. The van der Waals surface area contributed by atoms with Crippen LogP contribution in [-0.2, 0) is 9.53 Å². The van der Waals surface area contributed by atoms with Gasteiger partial charge < -0.3 is 15.2 Å². The van der Waals surface area contributed by atoms with Gasteiger partial charge in [-0.15, -0.1) is 0 Å². The van der Waals surface area contributed by atoms with E-state index in [0.29, 0.717) is 11.3 Å². The highest BCUT2D eigenvalue weighted by Crippen LogP contribution is 2.44. The fourth-order valence-corrected chi connectivity index (χ4v) is 4.29. The number of esters is 1. The van der Waals surface area contributed by atoms with Gasteiger partial charge in [0.1, 0.15) is 11.3 Å². The molecule has 1 aliphatic heterocycles. The van der Waals surface area contributed by atoms with E-state index in [1.54, 1.807) is 6.92 Å². The molecule has 0 unspecified atom stereocenters. The Kier molecular flexibility index (Phi) is 4.41. The summed E-state index contributed by atoms with van der Waals surface area (Å²) in [5.74, 6) is -0.835. The van der Waals surface area contributed by atoms with Gasteiger partial charge in [0, 0.05) is 10.1 Å². The third kappa shape index (κ3) is 2.88. The van der Waals surface area contributed by atoms with E-state index in [2.05, 4.69) is 0 Å². The molecule has 2 aromatic carbocycles. The molecule has 1 aliphatic rings. The maximum atomic E-state index is 13.0. The van der Waals surface area contributed by atoms with E-state index in [-0.39, 0.29) is 22.8 Å². The van der Waals surface area contributed by atoms with Gasteiger partial charge in [0.15, 0.2) is 0 Å². The third-order valence-corrected chi connectivity index (χ3v) is 5.46. The van der Waals surface area contributed by atoms with E-state index in [4.69, 9.17) is 15.2 Å². The standard InChI is InChI=1S/C21H17NO4S/c1-2-25-20(23)17-15(12-8-4-3-5-9-12)16-18(26-19(17)22)13-10-6-7-11-14(13)27-21(16)24/h3-11,15H,2,22H2,1H3/t15-/m0/s1. The largest absolute Gasteiger partial charge is 0.462 e. The molecule has 0 saturated heterocycles. The van der Waals surface area contributed by atoms with Gasteiger partial charge in [0.2, 0.25) is 10.6 Å². The molecule has 2 heterocycles. The molecule has 0 aliphatic carbocycles. The minimum absolute atomic E-state index is 0.0319. The zero-order valence-electron chi connectivity index (χ0n) is 14.6. The van der Waals surface area contributed by atoms with Crippen LogP contribution in [0.25, 0.3) is 10.1 Å². The quantitative estimate of drug-likeness (QED) is 0.705. The van der Waals surface area contributed by atoms with Gasteiger partial charge >= 0.3 is 5.97 Å². The van der Waals surface area contributed by atoms with E-state index < -0.39 is 11.9 Å². The van der Waals surface area contributed by atoms with Crippen molar-refractivity contribution in [1.82, 2.24) is 0 Å². The number of nitrogens with two attached hydrogens (primary N) is 1. The number of hydrogen-bond donors (Lipinski definition) is 1. The third-order valence-electron chi connectivity index (χ3n) is 4.48. The smallest absolute Gasteiger partial charge is 0.340 e. The first-order chi connectivity index (χ1) is 13.1. The average Bonchev–Trinajstić information content (AvgIpc) is 2.68. The molecule has 2 N–H and O–H groups in total. The van der Waals surface area contributed by atoms with Crippen molar-refractivity contribution in [2.75, 3.05) is 6.61 Å². The van der Waals surface area contributed by atoms with Crippen LogP contribution in [0.15, 0.2) is 70.8 Å². The summed E-state index contributed by atoms with van der Waals surface area (Å²) in [6.45, 7) is 1.92. The van der Waals surface area contributed by atoms with Crippen LogP contribution in [0.4, 0.5) is 0 Å². The van der Waals surface area contributed by atoms with E-state index in [1.165, 1.54) is 0 Å². The fourth-order valence-electron chi connectivity index (χ4n) is 3.35. The summed E-state index contributed by atoms with van der Waals surface area (Å²) in [5.41, 5.74) is 7.52. The normalized spacial score (nSPS) is 16.0. The van der Waals surface area contributed by atoms with E-state index in [0.717, 1.165) is 27.0 Å². The van der Waals surface area contributed by atoms with Gasteiger partial charge in [-0.25, -0.2) is 4.79 Å². The Bertz CT molecular complexity index is 1120. The second-order valence-corrected chi connectivity index (χ2v) is 7.09. The molecule has 136 valence electrons. The first kappa shape index (κ1) is 17.3. The Morgan fingerprint density at radius 3 is 2.59 bits per heavy atom. The lowest BCUT2D eigenvalue weighted by atomic mass is 9.83. The van der Waals surface area contributed by atoms with E-state index >= 15 is 0 Å². The van der Waals surface area contributed by atoms with E-state index in [9.17, 15) is 9.59 Å². The first-order valence-corrected chi connectivity index (χ1v) is 9.38. The van der Waals surface area contributed by atoms with Crippen LogP contribution in [-0.4, -0.2) is 12.6 Å². The Balaban J connectivity index is 2.04. The van der Waals surface area contributed by atoms with Gasteiger partial charge in [-0.1, -0.05) is 53.8 Å². The van der Waals surface area contributed by atoms with Crippen LogP contribution < -0.4 is 15.2 Å². The number of carbonyl (C=O) groups is 1. The Morgan fingerprint density at radius 2 is 1.85 bits per heavy atom. The number of hydrogen-bond acceptors (Lipinski definition) is 6. The molecular weight excluding hydrogens is 362 g/mol. The highest BCUT2D eigenvalue weighted by molar-refractivity contribution is 7.16. The average molecular weight is 379 g/mol. The van der Waals surface area contributed by atoms with Crippen molar-refractivity contribution in [2.45, 2.75) is 12.8 Å². The predicted molar refractivity (Wildman–Crippen MR) is 105 cm³/mol. The van der Waals surface area contributed by atoms with Gasteiger partial charge in [0.05, 0.1) is 18.1 Å². The number of fused-ring (bicyclic) bond motifs is 3. The second kappa shape index (κ2) is 6.89. The SMILES string of the molecule is CCOC(=O)C1=C(N)Oc2c(c(=O)sc3ccccc23)[C@@H]1c1ccccc1. The van der Waals surface area contributed by atoms with Crippen LogP contribution in [0.2, 0.25) is 0 Å². The fraction of sp³-hybridized carbons (Fsp3) is 0.143. The number of ether oxygens (including phenoxy) is 2. The summed E-state index contributed by atoms with van der Waals surface area (Å²) < 4.78 is 11.7. The van der Waals surface area contributed by atoms with Gasteiger partial charge in [-0.05, 0) is 24.6 Å². The van der Waals surface area contributed by atoms with Crippen LogP contribution >= 0.6 is 11.3 Å². The van der Waals surface area contributed by atoms with Gasteiger partial charge in [-0.3, -0.25) is 4.79 Å². The van der Waals surface area contributed by atoms with Crippen molar-refractivity contribution < 1.29 is 14.3 Å². The first-order valence-electron chi connectivity index (χ1n) is 8.57. The molecule has 5 nitrogen and oxygen atoms in total. The van der Waals surface area contributed by atoms with Crippen molar-refractivity contribution in [2.24, 2.45) is 5.73 Å². The Morgan fingerprint density at radius 1 is 1.15 bits per heavy atom. The molecule has 0 amide bonds. The molecule has 6 heteroatoms. The Labute approximate surface area is 159 Å². The van der Waals surface area contributed by atoms with Crippen LogP contribution in [0.3, 0.4) is 0 Å². The summed E-state index contributed by atoms with van der Waals surface area (Å²) in [6, 6.07) is 16.8. The molecule has 4 rings (SSSR count). The van der Waals surface area contributed by atoms with Crippen molar-refractivity contribution in [3.05, 3.63) is 86.7 Å². The van der Waals surface area contributed by atoms with E-state index in [1.807, 2.05) is 54.6 Å². The molecule has 1 aromatic heterocycles. The lowest BCUT2D eigenvalue weighted by Crippen LogP contribution is -2.30. The summed E-state index contributed by atoms with van der Waals surface area (Å²) in [4.78, 5) is 25.7. The lowest BCUT2D eigenvalue weighted by Gasteiger charge is -2.28. The molecule has 0 fully saturated rings. The highest BCUT2D eigenvalue weighted by atomic mass is 32.1. The van der Waals surface area contributed by atoms with Gasteiger partial charge in [-0.2, -0.15) is 0 Å². The minimum atomic E-state index is -0.637. The van der Waals surface area contributed by atoms with Crippen LogP contribution in [0.1, 0.15) is 24.0 Å². The van der Waals surface area contributed by atoms with Crippen molar-refractivity contribution in [3.63, 3.8) is 0 Å². The van der Waals surface area contributed by atoms with Crippen molar-refractivity contribution >= 4 is 27.4 Å². The monoisotopic (exact) mass is 379 g/mol. The second-order valence-electron chi connectivity index (χ2n) is 6.07. The van der Waals surface area contributed by atoms with Crippen LogP contribution in [0, 0.1) is 0 Å². The molecule has 0 saturated carbocycles. The summed E-state index contributed by atoms with van der Waals surface area (Å²) in [7, 11) is 0. The predicted octanol–water partition coefficient (Wildman–Crippen LogP) is 3.52. The molecule has 0 radical (unpaired) electrons. The highest BCUT2D eigenvalue weighted by Gasteiger charge is 2.38. The zero-order valence-corrected chi connectivity index (χ0v) is 15.4. The number of benzene rings is 2. The van der Waals surface area contributed by atoms with Crippen molar-refractivity contribution in [1.29, 1.82) is 0 Å². The zero-order chi connectivity index (χ0) is 19.0. The topological polar surface area (TPSA) is 78.6 Å². The molecule has 27 heavy (non-hydrogen) atoms. The number of carbonyl (C=O) groups excluding carboxylic acids is 1. The number of rotatable bonds is 3. The molecule has 1 atom stereocenters. The van der Waals surface area contributed by atoms with Gasteiger partial charge in [0.25, 0.3) is 0 Å². The maximum Gasteiger partial charge on any atom is 0.340 e. The lowest BCUT2D eigenvalue weighted by molar-refractivity contribution is -0.139. The van der Waals surface area contributed by atoms with Crippen LogP contribution in [0.5, 0.6) is 5.75 Å². The Hall–Kier alpha value is -3.12. The molecule has 0 bridgehead atoms. The van der Waals surface area contributed by atoms with Crippen molar-refractivity contribution in [3.8, 4) is 5.75 Å². The molecule has 3 aromatic rings. The summed E-state index contributed by atoms with van der Waals surface area (Å²) in [6.07, 6.45) is 0.